The number of likely N-dealkylation sites (tertiary alicyclic amines) is 1. The fraction of sp³-hybridized carbons (Fsp3) is 0.917. The Balaban J connectivity index is 2.01. The van der Waals surface area contributed by atoms with Gasteiger partial charge in [0.25, 0.3) is 0 Å². The average molecular weight is 227 g/mol. The molecule has 1 amide bonds. The lowest BCUT2D eigenvalue weighted by Crippen LogP contribution is -2.43. The van der Waals surface area contributed by atoms with E-state index in [1.807, 2.05) is 0 Å². The molecule has 3 N–H and O–H groups in total. The second kappa shape index (κ2) is 7.63. The molecule has 0 unspecified atom stereocenters. The molecular weight excluding hydrogens is 202 g/mol. The number of amides is 1. The van der Waals surface area contributed by atoms with Crippen molar-refractivity contribution in [3.63, 3.8) is 0 Å². The molecular formula is C12H25N3O. The molecule has 1 heterocycles. The molecule has 94 valence electrons. The maximum Gasteiger partial charge on any atom is 0.217 e. The Bertz CT molecular complexity index is 200. The Hall–Kier alpha value is -0.610. The van der Waals surface area contributed by atoms with E-state index < -0.39 is 0 Å². The molecule has 4 nitrogen and oxygen atoms in total. The highest BCUT2D eigenvalue weighted by molar-refractivity contribution is 5.73. The smallest absolute Gasteiger partial charge is 0.217 e. The molecule has 0 aromatic carbocycles. The van der Waals surface area contributed by atoms with Crippen LogP contribution in [0.1, 0.15) is 39.0 Å². The Labute approximate surface area is 98.6 Å². The molecule has 0 atom stereocenters. The maximum atomic E-state index is 10.6. The summed E-state index contributed by atoms with van der Waals surface area (Å²) in [6, 6.07) is 0.640. The van der Waals surface area contributed by atoms with Gasteiger partial charge >= 0.3 is 0 Å². The van der Waals surface area contributed by atoms with Gasteiger partial charge in [-0.05, 0) is 51.9 Å². The van der Waals surface area contributed by atoms with Crippen molar-refractivity contribution in [3.05, 3.63) is 0 Å². The summed E-state index contributed by atoms with van der Waals surface area (Å²) >= 11 is 0. The number of hydrogen-bond donors (Lipinski definition) is 2. The lowest BCUT2D eigenvalue weighted by atomic mass is 10.0. The Morgan fingerprint density at radius 2 is 2.12 bits per heavy atom. The number of nitrogens with one attached hydrogen (secondary N) is 1. The van der Waals surface area contributed by atoms with Gasteiger partial charge in [-0.15, -0.1) is 0 Å². The molecule has 0 radical (unpaired) electrons. The number of piperidine rings is 1. The predicted molar refractivity (Wildman–Crippen MR) is 66.2 cm³/mol. The van der Waals surface area contributed by atoms with Crippen molar-refractivity contribution >= 4 is 5.91 Å². The van der Waals surface area contributed by atoms with E-state index in [4.69, 9.17) is 5.73 Å². The maximum absolute atomic E-state index is 10.6. The van der Waals surface area contributed by atoms with E-state index in [1.165, 1.54) is 38.9 Å². The molecule has 1 fully saturated rings. The van der Waals surface area contributed by atoms with Crippen molar-refractivity contribution in [1.29, 1.82) is 0 Å². The van der Waals surface area contributed by atoms with E-state index >= 15 is 0 Å². The molecule has 1 rings (SSSR count). The number of nitrogens with zero attached hydrogens (tertiary/aromatic N) is 1. The Morgan fingerprint density at radius 1 is 1.44 bits per heavy atom. The minimum Gasteiger partial charge on any atom is -0.370 e. The third kappa shape index (κ3) is 5.47. The quantitative estimate of drug-likeness (QED) is 0.630. The van der Waals surface area contributed by atoms with Gasteiger partial charge in [0.05, 0.1) is 0 Å². The van der Waals surface area contributed by atoms with Crippen LogP contribution < -0.4 is 11.1 Å². The minimum absolute atomic E-state index is 0.195. The van der Waals surface area contributed by atoms with Crippen LogP contribution >= 0.6 is 0 Å². The number of carbonyl (C=O) groups is 1. The van der Waals surface area contributed by atoms with Gasteiger partial charge < -0.3 is 16.0 Å². The van der Waals surface area contributed by atoms with Crippen LogP contribution in [0, 0.1) is 0 Å². The van der Waals surface area contributed by atoms with E-state index in [2.05, 4.69) is 17.1 Å². The number of rotatable bonds is 7. The van der Waals surface area contributed by atoms with Crippen LogP contribution in [-0.2, 0) is 4.79 Å². The summed E-state index contributed by atoms with van der Waals surface area (Å²) in [5.74, 6) is -0.195. The van der Waals surface area contributed by atoms with Crippen molar-refractivity contribution in [2.24, 2.45) is 5.73 Å². The normalized spacial score (nSPS) is 18.8. The first-order valence-corrected chi connectivity index (χ1v) is 6.46. The fourth-order valence-corrected chi connectivity index (χ4v) is 2.25. The first-order valence-electron chi connectivity index (χ1n) is 6.46. The van der Waals surface area contributed by atoms with Crippen LogP contribution in [0.4, 0.5) is 0 Å². The molecule has 4 heteroatoms. The summed E-state index contributed by atoms with van der Waals surface area (Å²) in [6.45, 7) is 6.80. The molecule has 0 bridgehead atoms. The molecule has 0 saturated carbocycles. The van der Waals surface area contributed by atoms with Gasteiger partial charge in [-0.2, -0.15) is 0 Å². The Morgan fingerprint density at radius 3 is 2.69 bits per heavy atom. The first kappa shape index (κ1) is 13.5. The molecule has 1 aliphatic heterocycles. The van der Waals surface area contributed by atoms with Crippen molar-refractivity contribution in [2.45, 2.75) is 45.1 Å². The van der Waals surface area contributed by atoms with Crippen molar-refractivity contribution in [2.75, 3.05) is 26.2 Å². The van der Waals surface area contributed by atoms with E-state index in [0.717, 1.165) is 13.0 Å². The first-order chi connectivity index (χ1) is 7.72. The molecule has 0 spiro atoms. The lowest BCUT2D eigenvalue weighted by Gasteiger charge is -2.32. The monoisotopic (exact) mass is 227 g/mol. The molecule has 0 aromatic rings. The summed E-state index contributed by atoms with van der Waals surface area (Å²) in [7, 11) is 0. The number of carbonyl (C=O) groups excluding carboxylic acids is 1. The van der Waals surface area contributed by atoms with Gasteiger partial charge in [0, 0.05) is 12.5 Å². The third-order valence-corrected chi connectivity index (χ3v) is 3.16. The highest BCUT2D eigenvalue weighted by atomic mass is 16.1. The highest BCUT2D eigenvalue weighted by Gasteiger charge is 2.17. The Kier molecular flexibility index (Phi) is 6.42. The average Bonchev–Trinajstić information content (AvgIpc) is 2.27. The topological polar surface area (TPSA) is 58.4 Å². The van der Waals surface area contributed by atoms with Crippen LogP contribution in [-0.4, -0.2) is 43.0 Å². The lowest BCUT2D eigenvalue weighted by molar-refractivity contribution is -0.118. The summed E-state index contributed by atoms with van der Waals surface area (Å²) in [5, 5.41) is 3.51. The largest absolute Gasteiger partial charge is 0.370 e. The fourth-order valence-electron chi connectivity index (χ4n) is 2.25. The van der Waals surface area contributed by atoms with Gasteiger partial charge in [-0.25, -0.2) is 0 Å². The summed E-state index contributed by atoms with van der Waals surface area (Å²) in [5.41, 5.74) is 5.09. The number of hydrogen-bond acceptors (Lipinski definition) is 3. The SMILES string of the molecule is CCCN1CCC(NCCCC(N)=O)CC1. The molecule has 16 heavy (non-hydrogen) atoms. The van der Waals surface area contributed by atoms with E-state index in [1.54, 1.807) is 0 Å². The van der Waals surface area contributed by atoms with Crippen molar-refractivity contribution in [3.8, 4) is 0 Å². The number of nitrogens with two attached hydrogens (primary N) is 1. The standard InChI is InChI=1S/C12H25N3O/c1-2-8-15-9-5-11(6-10-15)14-7-3-4-12(13)16/h11,14H,2-10H2,1H3,(H2,13,16). The van der Waals surface area contributed by atoms with E-state index in [9.17, 15) is 4.79 Å². The second-order valence-corrected chi connectivity index (χ2v) is 4.64. The van der Waals surface area contributed by atoms with Gasteiger partial charge in [0.1, 0.15) is 0 Å². The predicted octanol–water partition coefficient (Wildman–Crippen LogP) is 0.716. The third-order valence-electron chi connectivity index (χ3n) is 3.16. The van der Waals surface area contributed by atoms with Crippen LogP contribution in [0.2, 0.25) is 0 Å². The van der Waals surface area contributed by atoms with E-state index in [-0.39, 0.29) is 5.91 Å². The number of primary amides is 1. The van der Waals surface area contributed by atoms with Crippen LogP contribution in [0.15, 0.2) is 0 Å². The zero-order valence-electron chi connectivity index (χ0n) is 10.4. The van der Waals surface area contributed by atoms with E-state index in [0.29, 0.717) is 12.5 Å². The highest BCUT2D eigenvalue weighted by Crippen LogP contribution is 2.10. The van der Waals surface area contributed by atoms with Gasteiger partial charge in [-0.1, -0.05) is 6.92 Å². The summed E-state index contributed by atoms with van der Waals surface area (Å²) < 4.78 is 0. The van der Waals surface area contributed by atoms with Crippen LogP contribution in [0.3, 0.4) is 0 Å². The molecule has 0 aliphatic carbocycles. The minimum atomic E-state index is -0.195. The van der Waals surface area contributed by atoms with Crippen LogP contribution in [0.5, 0.6) is 0 Å². The van der Waals surface area contributed by atoms with Gasteiger partial charge in [0.2, 0.25) is 5.91 Å². The van der Waals surface area contributed by atoms with Gasteiger partial charge in [-0.3, -0.25) is 4.79 Å². The van der Waals surface area contributed by atoms with Gasteiger partial charge in [0.15, 0.2) is 0 Å². The molecule has 0 aromatic heterocycles. The molecule has 1 saturated heterocycles. The summed E-state index contributed by atoms with van der Waals surface area (Å²) in [4.78, 5) is 13.1. The van der Waals surface area contributed by atoms with Crippen molar-refractivity contribution < 1.29 is 4.79 Å². The van der Waals surface area contributed by atoms with Crippen molar-refractivity contribution in [1.82, 2.24) is 10.2 Å². The molecule has 1 aliphatic rings. The van der Waals surface area contributed by atoms with Crippen LogP contribution in [0.25, 0.3) is 0 Å². The second-order valence-electron chi connectivity index (χ2n) is 4.64. The zero-order valence-corrected chi connectivity index (χ0v) is 10.4. The summed E-state index contributed by atoms with van der Waals surface area (Å²) in [6.07, 6.45) is 5.08. The zero-order chi connectivity index (χ0) is 11.8.